The summed E-state index contributed by atoms with van der Waals surface area (Å²) in [6, 6.07) is -0.0970. The van der Waals surface area contributed by atoms with Gasteiger partial charge in [-0.05, 0) is 13.3 Å². The van der Waals surface area contributed by atoms with Crippen LogP contribution >= 0.6 is 0 Å². The largest absolute Gasteiger partial charge is 0.401 e. The standard InChI is InChI=1S/C9H15F3N2O2/c1-6-7(2-3-16-6)14-8(15)4-13-5-9(10,11)12/h6-7,13H,2-5H2,1H3,(H,14,15). The van der Waals surface area contributed by atoms with Crippen molar-refractivity contribution in [3.8, 4) is 0 Å². The quantitative estimate of drug-likeness (QED) is 0.749. The minimum Gasteiger partial charge on any atom is -0.376 e. The molecule has 4 nitrogen and oxygen atoms in total. The molecule has 1 rings (SSSR count). The highest BCUT2D eigenvalue weighted by Crippen LogP contribution is 2.13. The van der Waals surface area contributed by atoms with Gasteiger partial charge in [-0.2, -0.15) is 13.2 Å². The van der Waals surface area contributed by atoms with E-state index >= 15 is 0 Å². The molecule has 1 aliphatic rings. The molecule has 2 unspecified atom stereocenters. The lowest BCUT2D eigenvalue weighted by atomic mass is 10.1. The number of carbonyl (C=O) groups is 1. The summed E-state index contributed by atoms with van der Waals surface area (Å²) in [6.07, 6.45) is -3.66. The molecule has 1 heterocycles. The van der Waals surface area contributed by atoms with Crippen molar-refractivity contribution >= 4 is 5.91 Å². The number of carbonyl (C=O) groups excluding carboxylic acids is 1. The Bertz CT molecular complexity index is 245. The average molecular weight is 240 g/mol. The minimum absolute atomic E-state index is 0.0773. The molecule has 0 aromatic rings. The van der Waals surface area contributed by atoms with Gasteiger partial charge >= 0.3 is 6.18 Å². The van der Waals surface area contributed by atoms with Crippen LogP contribution in [0.3, 0.4) is 0 Å². The molecule has 2 N–H and O–H groups in total. The van der Waals surface area contributed by atoms with E-state index in [4.69, 9.17) is 4.74 Å². The van der Waals surface area contributed by atoms with E-state index in [0.717, 1.165) is 0 Å². The maximum atomic E-state index is 11.8. The molecule has 1 saturated heterocycles. The van der Waals surface area contributed by atoms with Crippen LogP contribution in [0.25, 0.3) is 0 Å². The lowest BCUT2D eigenvalue weighted by Gasteiger charge is -2.16. The Morgan fingerprint density at radius 1 is 1.50 bits per heavy atom. The number of hydrogen-bond acceptors (Lipinski definition) is 3. The maximum absolute atomic E-state index is 11.8. The first-order valence-electron chi connectivity index (χ1n) is 5.07. The van der Waals surface area contributed by atoms with Crippen LogP contribution in [0.5, 0.6) is 0 Å². The fourth-order valence-electron chi connectivity index (χ4n) is 1.50. The van der Waals surface area contributed by atoms with Gasteiger partial charge in [0.1, 0.15) is 0 Å². The zero-order valence-electron chi connectivity index (χ0n) is 8.93. The molecule has 0 aliphatic carbocycles. The summed E-state index contributed by atoms with van der Waals surface area (Å²) >= 11 is 0. The van der Waals surface area contributed by atoms with Gasteiger partial charge in [0.15, 0.2) is 0 Å². The Labute approximate surface area is 91.5 Å². The van der Waals surface area contributed by atoms with Crippen molar-refractivity contribution in [2.24, 2.45) is 0 Å². The molecule has 94 valence electrons. The van der Waals surface area contributed by atoms with Crippen molar-refractivity contribution in [1.82, 2.24) is 10.6 Å². The SMILES string of the molecule is CC1OCCC1NC(=O)CNCC(F)(F)F. The summed E-state index contributed by atoms with van der Waals surface area (Å²) < 4.78 is 40.5. The number of amides is 1. The van der Waals surface area contributed by atoms with Crippen molar-refractivity contribution in [1.29, 1.82) is 0 Å². The molecule has 1 aliphatic heterocycles. The van der Waals surface area contributed by atoms with E-state index < -0.39 is 18.6 Å². The predicted octanol–water partition coefficient (Wildman–Crippen LogP) is 0.432. The zero-order chi connectivity index (χ0) is 12.2. The van der Waals surface area contributed by atoms with Crippen molar-refractivity contribution < 1.29 is 22.7 Å². The lowest BCUT2D eigenvalue weighted by molar-refractivity contribution is -0.128. The molecule has 0 aromatic heterocycles. The second-order valence-corrected chi connectivity index (χ2v) is 3.76. The normalized spacial score (nSPS) is 25.8. The second kappa shape index (κ2) is 5.49. The van der Waals surface area contributed by atoms with Crippen LogP contribution < -0.4 is 10.6 Å². The van der Waals surface area contributed by atoms with Crippen LogP contribution in [-0.4, -0.2) is 43.9 Å². The maximum Gasteiger partial charge on any atom is 0.401 e. The van der Waals surface area contributed by atoms with E-state index in [0.29, 0.717) is 13.0 Å². The smallest absolute Gasteiger partial charge is 0.376 e. The molecule has 7 heteroatoms. The van der Waals surface area contributed by atoms with Crippen LogP contribution in [-0.2, 0) is 9.53 Å². The Kier molecular flexibility index (Phi) is 4.55. The molecule has 0 bridgehead atoms. The topological polar surface area (TPSA) is 50.4 Å². The molecule has 0 aromatic carbocycles. The zero-order valence-corrected chi connectivity index (χ0v) is 8.93. The average Bonchev–Trinajstić information content (AvgIpc) is 2.49. The van der Waals surface area contributed by atoms with Crippen LogP contribution in [0.4, 0.5) is 13.2 Å². The Hall–Kier alpha value is -0.820. The highest BCUT2D eigenvalue weighted by molar-refractivity contribution is 5.78. The monoisotopic (exact) mass is 240 g/mol. The van der Waals surface area contributed by atoms with Gasteiger partial charge in [0.2, 0.25) is 5.91 Å². The molecular formula is C9H15F3N2O2. The second-order valence-electron chi connectivity index (χ2n) is 3.76. The third-order valence-electron chi connectivity index (χ3n) is 2.33. The number of halogens is 3. The number of ether oxygens (including phenoxy) is 1. The highest BCUT2D eigenvalue weighted by Gasteiger charge is 2.28. The van der Waals surface area contributed by atoms with Crippen LogP contribution in [0.2, 0.25) is 0 Å². The summed E-state index contributed by atoms with van der Waals surface area (Å²) in [5.41, 5.74) is 0. The first-order chi connectivity index (χ1) is 7.38. The van der Waals surface area contributed by atoms with Crippen molar-refractivity contribution in [2.75, 3.05) is 19.7 Å². The molecule has 0 saturated carbocycles. The predicted molar refractivity (Wildman–Crippen MR) is 50.9 cm³/mol. The molecule has 16 heavy (non-hydrogen) atoms. The van der Waals surface area contributed by atoms with Gasteiger partial charge in [-0.1, -0.05) is 0 Å². The van der Waals surface area contributed by atoms with Crippen LogP contribution in [0.1, 0.15) is 13.3 Å². The van der Waals surface area contributed by atoms with E-state index in [2.05, 4.69) is 5.32 Å². The van der Waals surface area contributed by atoms with E-state index in [1.54, 1.807) is 0 Å². The number of hydrogen-bond donors (Lipinski definition) is 2. The third-order valence-corrected chi connectivity index (χ3v) is 2.33. The summed E-state index contributed by atoms with van der Waals surface area (Å²) in [5.74, 6) is -0.438. The van der Waals surface area contributed by atoms with Gasteiger partial charge in [-0.25, -0.2) is 0 Å². The van der Waals surface area contributed by atoms with E-state index in [-0.39, 0.29) is 18.7 Å². The number of nitrogens with one attached hydrogen (secondary N) is 2. The Morgan fingerprint density at radius 2 is 2.19 bits per heavy atom. The van der Waals surface area contributed by atoms with Gasteiger partial charge in [-0.3, -0.25) is 4.79 Å². The van der Waals surface area contributed by atoms with Gasteiger partial charge in [-0.15, -0.1) is 0 Å². The van der Waals surface area contributed by atoms with Gasteiger partial charge in [0, 0.05) is 6.61 Å². The van der Waals surface area contributed by atoms with Gasteiger partial charge in [0.25, 0.3) is 0 Å². The summed E-state index contributed by atoms with van der Waals surface area (Å²) in [4.78, 5) is 11.2. The van der Waals surface area contributed by atoms with Crippen molar-refractivity contribution in [3.63, 3.8) is 0 Å². The molecule has 2 atom stereocenters. The fourth-order valence-corrected chi connectivity index (χ4v) is 1.50. The molecule has 0 spiro atoms. The van der Waals surface area contributed by atoms with Gasteiger partial charge in [0.05, 0.1) is 25.2 Å². The summed E-state index contributed by atoms with van der Waals surface area (Å²) in [5, 5.41) is 4.66. The van der Waals surface area contributed by atoms with Gasteiger partial charge < -0.3 is 15.4 Å². The van der Waals surface area contributed by atoms with Crippen molar-refractivity contribution in [3.05, 3.63) is 0 Å². The molecule has 0 radical (unpaired) electrons. The van der Waals surface area contributed by atoms with Crippen LogP contribution in [0.15, 0.2) is 0 Å². The first-order valence-corrected chi connectivity index (χ1v) is 5.07. The summed E-state index contributed by atoms with van der Waals surface area (Å²) in [6.45, 7) is 0.906. The minimum atomic E-state index is -4.29. The van der Waals surface area contributed by atoms with Crippen molar-refractivity contribution in [2.45, 2.75) is 31.7 Å². The third kappa shape index (κ3) is 4.80. The van der Waals surface area contributed by atoms with E-state index in [9.17, 15) is 18.0 Å². The van der Waals surface area contributed by atoms with E-state index in [1.807, 2.05) is 12.2 Å². The number of rotatable bonds is 4. The first kappa shape index (κ1) is 13.2. The Morgan fingerprint density at radius 3 is 2.69 bits per heavy atom. The summed E-state index contributed by atoms with van der Waals surface area (Å²) in [7, 11) is 0. The molecule has 1 fully saturated rings. The lowest BCUT2D eigenvalue weighted by Crippen LogP contribution is -2.44. The molecular weight excluding hydrogens is 225 g/mol. The number of alkyl halides is 3. The molecule has 1 amide bonds. The van der Waals surface area contributed by atoms with E-state index in [1.165, 1.54) is 0 Å². The Balaban J connectivity index is 2.16. The highest BCUT2D eigenvalue weighted by atomic mass is 19.4. The fraction of sp³-hybridized carbons (Fsp3) is 0.889. The van der Waals surface area contributed by atoms with Crippen LogP contribution in [0, 0.1) is 0 Å².